The second kappa shape index (κ2) is 3.49. The summed E-state index contributed by atoms with van der Waals surface area (Å²) in [4.78, 5) is 4.07. The first-order valence-electron chi connectivity index (χ1n) is 4.25. The third kappa shape index (κ3) is 1.74. The van der Waals surface area contributed by atoms with Gasteiger partial charge in [0.05, 0.1) is 0 Å². The highest BCUT2D eigenvalue weighted by molar-refractivity contribution is 5.53. The van der Waals surface area contributed by atoms with E-state index in [9.17, 15) is 4.39 Å². The summed E-state index contributed by atoms with van der Waals surface area (Å²) < 4.78 is 14.7. The number of hydrogen-bond acceptors (Lipinski definition) is 2. The molecule has 0 unspecified atom stereocenters. The Balaban J connectivity index is 2.23. The minimum absolute atomic E-state index is 0.260. The molecule has 0 spiro atoms. The number of aromatic nitrogens is 2. The molecule has 0 atom stereocenters. The van der Waals surface area contributed by atoms with E-state index in [0.29, 0.717) is 11.6 Å². The number of nitrogens with one attached hydrogen (secondary N) is 1. The minimum Gasteiger partial charge on any atom is -0.326 e. The standard InChI is InChI=1S/C10H10FN3/c1-14-6-5-12-10(14)13-9-4-2-3-8(11)7-9/h2-7H,1H3,(H,12,13). The molecule has 0 bridgehead atoms. The van der Waals surface area contributed by atoms with E-state index in [1.807, 2.05) is 17.8 Å². The van der Waals surface area contributed by atoms with Crippen LogP contribution in [0.4, 0.5) is 16.0 Å². The first-order valence-corrected chi connectivity index (χ1v) is 4.25. The van der Waals surface area contributed by atoms with Crippen LogP contribution in [0.15, 0.2) is 36.7 Å². The van der Waals surface area contributed by atoms with E-state index < -0.39 is 0 Å². The highest BCUT2D eigenvalue weighted by Gasteiger charge is 1.99. The summed E-state index contributed by atoms with van der Waals surface area (Å²) in [6.07, 6.45) is 3.50. The second-order valence-electron chi connectivity index (χ2n) is 3.00. The van der Waals surface area contributed by atoms with Crippen molar-refractivity contribution in [3.8, 4) is 0 Å². The predicted molar refractivity (Wildman–Crippen MR) is 52.9 cm³/mol. The quantitative estimate of drug-likeness (QED) is 0.789. The fourth-order valence-electron chi connectivity index (χ4n) is 1.18. The van der Waals surface area contributed by atoms with Gasteiger partial charge in [-0.05, 0) is 18.2 Å². The summed E-state index contributed by atoms with van der Waals surface area (Å²) in [6, 6.07) is 6.27. The minimum atomic E-state index is -0.260. The highest BCUT2D eigenvalue weighted by Crippen LogP contribution is 2.14. The Morgan fingerprint density at radius 1 is 1.43 bits per heavy atom. The lowest BCUT2D eigenvalue weighted by molar-refractivity contribution is 0.628. The zero-order valence-corrected chi connectivity index (χ0v) is 7.74. The van der Waals surface area contributed by atoms with Crippen LogP contribution in [0.3, 0.4) is 0 Å². The Morgan fingerprint density at radius 2 is 2.29 bits per heavy atom. The number of aryl methyl sites for hydroxylation is 1. The number of benzene rings is 1. The number of anilines is 2. The largest absolute Gasteiger partial charge is 0.326 e. The van der Waals surface area contributed by atoms with Crippen LogP contribution < -0.4 is 5.32 Å². The molecule has 1 aromatic heterocycles. The molecule has 0 aliphatic heterocycles. The molecule has 3 nitrogen and oxygen atoms in total. The number of nitrogens with zero attached hydrogens (tertiary/aromatic N) is 2. The van der Waals surface area contributed by atoms with Crippen LogP contribution in [0.1, 0.15) is 0 Å². The van der Waals surface area contributed by atoms with Gasteiger partial charge in [0.1, 0.15) is 5.82 Å². The van der Waals surface area contributed by atoms with Crippen LogP contribution in [0, 0.1) is 5.82 Å². The van der Waals surface area contributed by atoms with Crippen LogP contribution in [0.5, 0.6) is 0 Å². The molecule has 14 heavy (non-hydrogen) atoms. The third-order valence-corrected chi connectivity index (χ3v) is 1.90. The number of hydrogen-bond donors (Lipinski definition) is 1. The summed E-state index contributed by atoms with van der Waals surface area (Å²) in [7, 11) is 1.87. The van der Waals surface area contributed by atoms with E-state index in [1.54, 1.807) is 18.3 Å². The summed E-state index contributed by atoms with van der Waals surface area (Å²) in [5, 5.41) is 3.00. The summed E-state index contributed by atoms with van der Waals surface area (Å²) in [5.74, 6) is 0.430. The van der Waals surface area contributed by atoms with E-state index in [1.165, 1.54) is 12.1 Å². The fourth-order valence-corrected chi connectivity index (χ4v) is 1.18. The molecule has 2 rings (SSSR count). The zero-order chi connectivity index (χ0) is 9.97. The number of rotatable bonds is 2. The van der Waals surface area contributed by atoms with Gasteiger partial charge in [-0.3, -0.25) is 0 Å². The van der Waals surface area contributed by atoms with Gasteiger partial charge in [0.2, 0.25) is 5.95 Å². The van der Waals surface area contributed by atoms with E-state index in [2.05, 4.69) is 10.3 Å². The van der Waals surface area contributed by atoms with Crippen molar-refractivity contribution in [2.24, 2.45) is 7.05 Å². The van der Waals surface area contributed by atoms with Gasteiger partial charge in [-0.15, -0.1) is 0 Å². The topological polar surface area (TPSA) is 29.9 Å². The van der Waals surface area contributed by atoms with Gasteiger partial charge in [-0.2, -0.15) is 0 Å². The van der Waals surface area contributed by atoms with Crippen molar-refractivity contribution in [1.82, 2.24) is 9.55 Å². The van der Waals surface area contributed by atoms with Gasteiger partial charge >= 0.3 is 0 Å². The lowest BCUT2D eigenvalue weighted by Gasteiger charge is -2.05. The molecule has 4 heteroatoms. The van der Waals surface area contributed by atoms with Crippen LogP contribution in [-0.4, -0.2) is 9.55 Å². The fraction of sp³-hybridized carbons (Fsp3) is 0.100. The van der Waals surface area contributed by atoms with Crippen molar-refractivity contribution >= 4 is 11.6 Å². The Morgan fingerprint density at radius 3 is 2.93 bits per heavy atom. The Bertz CT molecular complexity index is 436. The smallest absolute Gasteiger partial charge is 0.207 e. The van der Waals surface area contributed by atoms with Gasteiger partial charge in [-0.25, -0.2) is 9.37 Å². The SMILES string of the molecule is Cn1ccnc1Nc1cccc(F)c1. The average molecular weight is 191 g/mol. The number of halogens is 1. The number of imidazole rings is 1. The Hall–Kier alpha value is -1.84. The van der Waals surface area contributed by atoms with Crippen LogP contribution >= 0.6 is 0 Å². The Kier molecular flexibility index (Phi) is 2.18. The summed E-state index contributed by atoms with van der Waals surface area (Å²) >= 11 is 0. The maximum Gasteiger partial charge on any atom is 0.207 e. The molecular weight excluding hydrogens is 181 g/mol. The molecule has 0 aliphatic carbocycles. The molecule has 0 amide bonds. The molecule has 0 aliphatic rings. The van der Waals surface area contributed by atoms with Crippen molar-refractivity contribution < 1.29 is 4.39 Å². The molecule has 72 valence electrons. The van der Waals surface area contributed by atoms with Crippen molar-refractivity contribution in [1.29, 1.82) is 0 Å². The third-order valence-electron chi connectivity index (χ3n) is 1.90. The molecule has 0 fully saturated rings. The van der Waals surface area contributed by atoms with E-state index in [-0.39, 0.29) is 5.82 Å². The highest BCUT2D eigenvalue weighted by atomic mass is 19.1. The molecule has 0 saturated heterocycles. The molecule has 2 aromatic rings. The van der Waals surface area contributed by atoms with E-state index in [4.69, 9.17) is 0 Å². The van der Waals surface area contributed by atoms with Crippen molar-refractivity contribution in [3.05, 3.63) is 42.5 Å². The molecule has 1 N–H and O–H groups in total. The monoisotopic (exact) mass is 191 g/mol. The maximum absolute atomic E-state index is 12.8. The molecular formula is C10H10FN3. The average Bonchev–Trinajstić information content (AvgIpc) is 2.52. The second-order valence-corrected chi connectivity index (χ2v) is 3.00. The lowest BCUT2D eigenvalue weighted by Crippen LogP contribution is -1.98. The summed E-state index contributed by atoms with van der Waals surface area (Å²) in [6.45, 7) is 0. The molecule has 1 aromatic carbocycles. The van der Waals surface area contributed by atoms with Gasteiger partial charge in [0.25, 0.3) is 0 Å². The predicted octanol–water partition coefficient (Wildman–Crippen LogP) is 2.30. The van der Waals surface area contributed by atoms with E-state index in [0.717, 1.165) is 0 Å². The lowest BCUT2D eigenvalue weighted by atomic mass is 10.3. The summed E-state index contributed by atoms with van der Waals surface area (Å²) in [5.41, 5.74) is 0.694. The van der Waals surface area contributed by atoms with Crippen LogP contribution in [0.25, 0.3) is 0 Å². The zero-order valence-electron chi connectivity index (χ0n) is 7.74. The van der Waals surface area contributed by atoms with Gasteiger partial charge in [0.15, 0.2) is 0 Å². The Labute approximate surface area is 81.2 Å². The molecule has 0 radical (unpaired) electrons. The van der Waals surface area contributed by atoms with Gasteiger partial charge < -0.3 is 9.88 Å². The van der Waals surface area contributed by atoms with Crippen molar-refractivity contribution in [3.63, 3.8) is 0 Å². The maximum atomic E-state index is 12.8. The molecule has 0 saturated carbocycles. The first kappa shape index (κ1) is 8.74. The molecule has 1 heterocycles. The van der Waals surface area contributed by atoms with Crippen molar-refractivity contribution in [2.45, 2.75) is 0 Å². The van der Waals surface area contributed by atoms with Crippen molar-refractivity contribution in [2.75, 3.05) is 5.32 Å². The van der Waals surface area contributed by atoms with Crippen LogP contribution in [0.2, 0.25) is 0 Å². The van der Waals surface area contributed by atoms with E-state index >= 15 is 0 Å². The van der Waals surface area contributed by atoms with Gasteiger partial charge in [0, 0.05) is 25.1 Å². The van der Waals surface area contributed by atoms with Crippen LogP contribution in [-0.2, 0) is 7.05 Å². The normalized spacial score (nSPS) is 10.1. The van der Waals surface area contributed by atoms with Gasteiger partial charge in [-0.1, -0.05) is 6.07 Å². The first-order chi connectivity index (χ1) is 6.75.